The molecule has 0 radical (unpaired) electrons. The Morgan fingerprint density at radius 1 is 1.50 bits per heavy atom. The second-order valence-corrected chi connectivity index (χ2v) is 8.61. The minimum atomic E-state index is -2.95. The number of methoxy groups -OCH3 is 1. The normalized spacial score (nSPS) is 20.1. The summed E-state index contributed by atoms with van der Waals surface area (Å²) in [5.41, 5.74) is 0.716. The van der Waals surface area contributed by atoms with Gasteiger partial charge in [-0.05, 0) is 24.5 Å². The minimum Gasteiger partial charge on any atom is -0.494 e. The van der Waals surface area contributed by atoms with Crippen LogP contribution in [0.25, 0.3) is 10.2 Å². The number of aromatic nitrogens is 1. The van der Waals surface area contributed by atoms with Crippen LogP contribution in [0.2, 0.25) is 0 Å². The molecule has 0 spiro atoms. The van der Waals surface area contributed by atoms with E-state index in [1.807, 2.05) is 18.2 Å². The molecule has 1 saturated heterocycles. The SMILES string of the molecule is COc1cccc2sc(NC(=O)C[C@H]3CCS(=O)(=O)C3)nc12. The summed E-state index contributed by atoms with van der Waals surface area (Å²) in [5.74, 6) is 0.669. The molecule has 2 heterocycles. The molecule has 1 amide bonds. The molecule has 3 rings (SSSR count). The second-order valence-electron chi connectivity index (χ2n) is 5.35. The number of hydrogen-bond acceptors (Lipinski definition) is 6. The van der Waals surface area contributed by atoms with Crippen molar-refractivity contribution < 1.29 is 17.9 Å². The van der Waals surface area contributed by atoms with E-state index >= 15 is 0 Å². The van der Waals surface area contributed by atoms with Gasteiger partial charge < -0.3 is 10.1 Å². The van der Waals surface area contributed by atoms with Crippen molar-refractivity contribution in [3.63, 3.8) is 0 Å². The first-order chi connectivity index (χ1) is 10.5. The number of amides is 1. The number of nitrogens with one attached hydrogen (secondary N) is 1. The van der Waals surface area contributed by atoms with E-state index in [2.05, 4.69) is 10.3 Å². The molecule has 1 aliphatic rings. The van der Waals surface area contributed by atoms with Crippen LogP contribution in [0.3, 0.4) is 0 Å². The number of carbonyl (C=O) groups is 1. The molecule has 1 atom stereocenters. The van der Waals surface area contributed by atoms with Gasteiger partial charge in [0.1, 0.15) is 11.3 Å². The van der Waals surface area contributed by atoms with E-state index in [0.717, 1.165) is 4.70 Å². The van der Waals surface area contributed by atoms with Crippen molar-refractivity contribution in [3.8, 4) is 5.75 Å². The van der Waals surface area contributed by atoms with Gasteiger partial charge in [0.15, 0.2) is 15.0 Å². The number of ether oxygens (including phenoxy) is 1. The number of thiazole rings is 1. The highest BCUT2D eigenvalue weighted by Crippen LogP contribution is 2.32. The van der Waals surface area contributed by atoms with Gasteiger partial charge >= 0.3 is 0 Å². The highest BCUT2D eigenvalue weighted by Gasteiger charge is 2.29. The summed E-state index contributed by atoms with van der Waals surface area (Å²) in [5, 5.41) is 3.26. The predicted molar refractivity (Wildman–Crippen MR) is 86.2 cm³/mol. The third kappa shape index (κ3) is 3.22. The maximum absolute atomic E-state index is 12.0. The molecule has 8 heteroatoms. The van der Waals surface area contributed by atoms with Crippen molar-refractivity contribution in [3.05, 3.63) is 18.2 Å². The first-order valence-electron chi connectivity index (χ1n) is 6.90. The van der Waals surface area contributed by atoms with Crippen LogP contribution in [0.15, 0.2) is 18.2 Å². The number of carbonyl (C=O) groups excluding carboxylic acids is 1. The minimum absolute atomic E-state index is 0.0890. The van der Waals surface area contributed by atoms with Crippen LogP contribution in [-0.4, -0.2) is 37.9 Å². The van der Waals surface area contributed by atoms with Crippen LogP contribution < -0.4 is 10.1 Å². The molecule has 118 valence electrons. The molecule has 2 aromatic rings. The summed E-state index contributed by atoms with van der Waals surface area (Å²) in [7, 11) is -1.38. The molecular weight excluding hydrogens is 324 g/mol. The van der Waals surface area contributed by atoms with Crippen LogP contribution in [0, 0.1) is 5.92 Å². The molecule has 0 bridgehead atoms. The molecular formula is C14H16N2O4S2. The highest BCUT2D eigenvalue weighted by atomic mass is 32.2. The maximum atomic E-state index is 12.0. The number of benzene rings is 1. The van der Waals surface area contributed by atoms with Gasteiger partial charge in [0.25, 0.3) is 0 Å². The monoisotopic (exact) mass is 340 g/mol. The Morgan fingerprint density at radius 3 is 3.00 bits per heavy atom. The largest absolute Gasteiger partial charge is 0.494 e. The number of nitrogens with zero attached hydrogens (tertiary/aromatic N) is 1. The van der Waals surface area contributed by atoms with Crippen molar-refractivity contribution >= 4 is 42.4 Å². The lowest BCUT2D eigenvalue weighted by atomic mass is 10.1. The molecule has 0 aliphatic carbocycles. The predicted octanol–water partition coefficient (Wildman–Crippen LogP) is 2.07. The zero-order valence-corrected chi connectivity index (χ0v) is 13.7. The van der Waals surface area contributed by atoms with E-state index in [9.17, 15) is 13.2 Å². The second kappa shape index (κ2) is 5.85. The molecule has 0 unspecified atom stereocenters. The van der Waals surface area contributed by atoms with Gasteiger partial charge in [-0.1, -0.05) is 17.4 Å². The van der Waals surface area contributed by atoms with Crippen molar-refractivity contribution in [2.24, 2.45) is 5.92 Å². The lowest BCUT2D eigenvalue weighted by molar-refractivity contribution is -0.116. The molecule has 6 nitrogen and oxygen atoms in total. The molecule has 0 saturated carbocycles. The van der Waals surface area contributed by atoms with Crippen LogP contribution in [0.1, 0.15) is 12.8 Å². The van der Waals surface area contributed by atoms with Crippen molar-refractivity contribution in [1.29, 1.82) is 0 Å². The Labute approximate surface area is 132 Å². The molecule has 1 aliphatic heterocycles. The number of para-hydroxylation sites is 1. The van der Waals surface area contributed by atoms with Gasteiger partial charge in [0, 0.05) is 6.42 Å². The lowest BCUT2D eigenvalue weighted by Gasteiger charge is -2.06. The van der Waals surface area contributed by atoms with Gasteiger partial charge in [-0.25, -0.2) is 13.4 Å². The standard InChI is InChI=1S/C14H16N2O4S2/c1-20-10-3-2-4-11-13(10)16-14(21-11)15-12(17)7-9-5-6-22(18,19)8-9/h2-4,9H,5-8H2,1H3,(H,15,16,17)/t9-/m1/s1. The number of hydrogen-bond donors (Lipinski definition) is 1. The third-order valence-electron chi connectivity index (χ3n) is 3.65. The van der Waals surface area contributed by atoms with Crippen LogP contribution in [0.5, 0.6) is 5.75 Å². The third-order valence-corrected chi connectivity index (χ3v) is 6.42. The van der Waals surface area contributed by atoms with Crippen LogP contribution in [-0.2, 0) is 14.6 Å². The quantitative estimate of drug-likeness (QED) is 0.921. The van der Waals surface area contributed by atoms with E-state index in [-0.39, 0.29) is 29.8 Å². The summed E-state index contributed by atoms with van der Waals surface area (Å²) >= 11 is 1.37. The zero-order chi connectivity index (χ0) is 15.7. The Morgan fingerprint density at radius 2 is 2.32 bits per heavy atom. The number of rotatable bonds is 4. The van der Waals surface area contributed by atoms with Gasteiger partial charge in [0.2, 0.25) is 5.91 Å². The first-order valence-corrected chi connectivity index (χ1v) is 9.54. The average Bonchev–Trinajstić information content (AvgIpc) is 3.00. The highest BCUT2D eigenvalue weighted by molar-refractivity contribution is 7.91. The summed E-state index contributed by atoms with van der Waals surface area (Å²) in [6.07, 6.45) is 0.774. The van der Waals surface area contributed by atoms with E-state index in [1.165, 1.54) is 11.3 Å². The Kier molecular flexibility index (Phi) is 4.05. The van der Waals surface area contributed by atoms with E-state index in [4.69, 9.17) is 4.74 Å². The Bertz CT molecular complexity index is 813. The van der Waals surface area contributed by atoms with Gasteiger partial charge in [-0.15, -0.1) is 0 Å². The fraction of sp³-hybridized carbons (Fsp3) is 0.429. The van der Waals surface area contributed by atoms with Gasteiger partial charge in [0.05, 0.1) is 23.3 Å². The topological polar surface area (TPSA) is 85.4 Å². The first kappa shape index (κ1) is 15.2. The lowest BCUT2D eigenvalue weighted by Crippen LogP contribution is -2.17. The Hall–Kier alpha value is -1.67. The van der Waals surface area contributed by atoms with Crippen molar-refractivity contribution in [1.82, 2.24) is 4.98 Å². The van der Waals surface area contributed by atoms with E-state index in [0.29, 0.717) is 22.8 Å². The summed E-state index contributed by atoms with van der Waals surface area (Å²) in [6, 6.07) is 5.60. The maximum Gasteiger partial charge on any atom is 0.226 e. The summed E-state index contributed by atoms with van der Waals surface area (Å²) in [6.45, 7) is 0. The molecule has 22 heavy (non-hydrogen) atoms. The number of fused-ring (bicyclic) bond motifs is 1. The molecule has 1 aromatic heterocycles. The van der Waals surface area contributed by atoms with Crippen molar-refractivity contribution in [2.45, 2.75) is 12.8 Å². The summed E-state index contributed by atoms with van der Waals surface area (Å²) in [4.78, 5) is 16.4. The molecule has 1 aromatic carbocycles. The Balaban J connectivity index is 1.69. The van der Waals surface area contributed by atoms with E-state index in [1.54, 1.807) is 7.11 Å². The zero-order valence-electron chi connectivity index (χ0n) is 12.0. The fourth-order valence-corrected chi connectivity index (χ4v) is 5.37. The average molecular weight is 340 g/mol. The summed E-state index contributed by atoms with van der Waals surface area (Å²) < 4.78 is 29.0. The van der Waals surface area contributed by atoms with Gasteiger partial charge in [-0.2, -0.15) is 0 Å². The molecule has 1 fully saturated rings. The smallest absolute Gasteiger partial charge is 0.226 e. The number of sulfone groups is 1. The van der Waals surface area contributed by atoms with Crippen molar-refractivity contribution in [2.75, 3.05) is 23.9 Å². The van der Waals surface area contributed by atoms with Gasteiger partial charge in [-0.3, -0.25) is 4.79 Å². The van der Waals surface area contributed by atoms with Crippen LogP contribution >= 0.6 is 11.3 Å². The fourth-order valence-electron chi connectivity index (χ4n) is 2.61. The number of anilines is 1. The molecule has 1 N–H and O–H groups in total. The van der Waals surface area contributed by atoms with Crippen LogP contribution in [0.4, 0.5) is 5.13 Å². The van der Waals surface area contributed by atoms with E-state index < -0.39 is 9.84 Å².